The fraction of sp³-hybridized carbons (Fsp3) is 0.154. The molecule has 0 aromatic heterocycles. The highest BCUT2D eigenvalue weighted by Gasteiger charge is 2.36. The summed E-state index contributed by atoms with van der Waals surface area (Å²) in [6, 6.07) is 19.8. The van der Waals surface area contributed by atoms with Crippen LogP contribution in [0.2, 0.25) is 0 Å². The van der Waals surface area contributed by atoms with Gasteiger partial charge in [0.05, 0.1) is 30.3 Å². The van der Waals surface area contributed by atoms with Crippen molar-refractivity contribution in [3.63, 3.8) is 0 Å². The maximum absolute atomic E-state index is 12.8. The standard InChI is InChI=1S/C26H21NO6/c1-16(23(28)18-8-11-20(32-2)12-9-18)33-26(31)19-10-13-21-22(14-19)25(30)27(24(21)29)15-17-6-4-3-5-7-17/h3-14,16H,15H2,1-2H3. The minimum atomic E-state index is -1.04. The van der Waals surface area contributed by atoms with Gasteiger partial charge in [-0.2, -0.15) is 0 Å². The average Bonchev–Trinajstić information content (AvgIpc) is 3.08. The first-order valence-electron chi connectivity index (χ1n) is 10.3. The molecule has 0 radical (unpaired) electrons. The molecule has 3 aromatic rings. The van der Waals surface area contributed by atoms with E-state index in [-0.39, 0.29) is 29.0 Å². The monoisotopic (exact) mass is 443 g/mol. The van der Waals surface area contributed by atoms with Crippen LogP contribution in [0.25, 0.3) is 0 Å². The molecule has 0 N–H and O–H groups in total. The molecule has 33 heavy (non-hydrogen) atoms. The summed E-state index contributed by atoms with van der Waals surface area (Å²) in [7, 11) is 1.52. The number of methoxy groups -OCH3 is 1. The fourth-order valence-electron chi connectivity index (χ4n) is 3.60. The second-order valence-corrected chi connectivity index (χ2v) is 7.58. The normalized spacial score (nSPS) is 13.5. The Kier molecular flexibility index (Phi) is 6.04. The Bertz CT molecular complexity index is 1230. The molecular weight excluding hydrogens is 422 g/mol. The summed E-state index contributed by atoms with van der Waals surface area (Å²) >= 11 is 0. The Hall–Kier alpha value is -4.26. The summed E-state index contributed by atoms with van der Waals surface area (Å²) in [5, 5.41) is 0. The summed E-state index contributed by atoms with van der Waals surface area (Å²) in [5.41, 5.74) is 1.65. The van der Waals surface area contributed by atoms with E-state index in [1.165, 1.54) is 32.2 Å². The van der Waals surface area contributed by atoms with Crippen molar-refractivity contribution in [2.45, 2.75) is 19.6 Å². The van der Waals surface area contributed by atoms with Gasteiger partial charge in [0.15, 0.2) is 6.10 Å². The lowest BCUT2D eigenvalue weighted by Gasteiger charge is -2.13. The predicted octanol–water partition coefficient (Wildman–Crippen LogP) is 3.92. The largest absolute Gasteiger partial charge is 0.497 e. The summed E-state index contributed by atoms with van der Waals surface area (Å²) in [6.45, 7) is 1.62. The Morgan fingerprint density at radius 2 is 1.48 bits per heavy atom. The third kappa shape index (κ3) is 4.39. The van der Waals surface area contributed by atoms with Gasteiger partial charge in [0.1, 0.15) is 5.75 Å². The molecule has 0 saturated heterocycles. The molecule has 4 rings (SSSR count). The molecule has 3 aromatic carbocycles. The van der Waals surface area contributed by atoms with Crippen molar-refractivity contribution >= 4 is 23.6 Å². The molecule has 0 spiro atoms. The SMILES string of the molecule is COc1ccc(C(=O)C(C)OC(=O)c2ccc3c(c2)C(=O)N(Cc2ccccc2)C3=O)cc1. The van der Waals surface area contributed by atoms with Crippen LogP contribution in [0.4, 0.5) is 0 Å². The minimum Gasteiger partial charge on any atom is -0.497 e. The van der Waals surface area contributed by atoms with Gasteiger partial charge in [-0.15, -0.1) is 0 Å². The van der Waals surface area contributed by atoms with E-state index in [1.807, 2.05) is 30.3 Å². The third-order valence-electron chi connectivity index (χ3n) is 5.42. The topological polar surface area (TPSA) is 90.0 Å². The number of nitrogens with zero attached hydrogens (tertiary/aromatic N) is 1. The van der Waals surface area contributed by atoms with Gasteiger partial charge in [-0.25, -0.2) is 4.79 Å². The Morgan fingerprint density at radius 1 is 0.848 bits per heavy atom. The van der Waals surface area contributed by atoms with Crippen LogP contribution in [0.15, 0.2) is 72.8 Å². The van der Waals surface area contributed by atoms with E-state index in [0.717, 1.165) is 10.5 Å². The highest BCUT2D eigenvalue weighted by molar-refractivity contribution is 6.21. The van der Waals surface area contributed by atoms with Gasteiger partial charge in [-0.1, -0.05) is 30.3 Å². The van der Waals surface area contributed by atoms with Crippen LogP contribution in [0, 0.1) is 0 Å². The molecule has 2 amide bonds. The van der Waals surface area contributed by atoms with Gasteiger partial charge in [0.2, 0.25) is 5.78 Å². The van der Waals surface area contributed by atoms with Crippen LogP contribution in [0.5, 0.6) is 5.75 Å². The van der Waals surface area contributed by atoms with Crippen molar-refractivity contribution in [3.05, 3.63) is 101 Å². The molecule has 0 saturated carbocycles. The number of amides is 2. The zero-order valence-corrected chi connectivity index (χ0v) is 18.1. The zero-order chi connectivity index (χ0) is 23.5. The van der Waals surface area contributed by atoms with Gasteiger partial charge in [0.25, 0.3) is 11.8 Å². The van der Waals surface area contributed by atoms with Crippen LogP contribution in [0.3, 0.4) is 0 Å². The van der Waals surface area contributed by atoms with Gasteiger partial charge in [-0.3, -0.25) is 19.3 Å². The molecule has 0 aliphatic carbocycles. The van der Waals surface area contributed by atoms with Crippen LogP contribution < -0.4 is 4.74 Å². The van der Waals surface area contributed by atoms with E-state index in [1.54, 1.807) is 24.3 Å². The number of ketones is 1. The number of carbonyl (C=O) groups excluding carboxylic acids is 4. The third-order valence-corrected chi connectivity index (χ3v) is 5.42. The van der Waals surface area contributed by atoms with Crippen LogP contribution in [-0.2, 0) is 11.3 Å². The fourth-order valence-corrected chi connectivity index (χ4v) is 3.60. The van der Waals surface area contributed by atoms with E-state index < -0.39 is 23.9 Å². The lowest BCUT2D eigenvalue weighted by molar-refractivity contribution is 0.0318. The lowest BCUT2D eigenvalue weighted by Crippen LogP contribution is -2.29. The number of Topliss-reactive ketones (excluding diaryl/α,β-unsaturated/α-hetero) is 1. The summed E-state index contributed by atoms with van der Waals surface area (Å²) in [6.07, 6.45) is -1.04. The second-order valence-electron chi connectivity index (χ2n) is 7.58. The van der Waals surface area contributed by atoms with Crippen LogP contribution in [0.1, 0.15) is 53.9 Å². The van der Waals surface area contributed by atoms with Crippen molar-refractivity contribution in [1.82, 2.24) is 4.90 Å². The van der Waals surface area contributed by atoms with Gasteiger partial charge in [0, 0.05) is 5.56 Å². The van der Waals surface area contributed by atoms with Crippen molar-refractivity contribution < 1.29 is 28.7 Å². The number of hydrogen-bond donors (Lipinski definition) is 0. The molecule has 7 nitrogen and oxygen atoms in total. The van der Waals surface area contributed by atoms with Crippen molar-refractivity contribution in [1.29, 1.82) is 0 Å². The highest BCUT2D eigenvalue weighted by atomic mass is 16.5. The second kappa shape index (κ2) is 9.08. The Labute approximate surface area is 190 Å². The number of ether oxygens (including phenoxy) is 2. The molecule has 0 fully saturated rings. The zero-order valence-electron chi connectivity index (χ0n) is 18.1. The molecule has 1 aliphatic rings. The quantitative estimate of drug-likeness (QED) is 0.312. The molecular formula is C26H21NO6. The number of imide groups is 1. The van der Waals surface area contributed by atoms with E-state index >= 15 is 0 Å². The first-order chi connectivity index (χ1) is 15.9. The first kappa shape index (κ1) is 22.0. The molecule has 1 heterocycles. The molecule has 1 aliphatic heterocycles. The van der Waals surface area contributed by atoms with Crippen molar-refractivity contribution in [2.75, 3.05) is 7.11 Å². The smallest absolute Gasteiger partial charge is 0.338 e. The molecule has 1 atom stereocenters. The highest BCUT2D eigenvalue weighted by Crippen LogP contribution is 2.26. The van der Waals surface area contributed by atoms with Crippen LogP contribution >= 0.6 is 0 Å². The number of hydrogen-bond acceptors (Lipinski definition) is 6. The van der Waals surface area contributed by atoms with Crippen molar-refractivity contribution in [2.24, 2.45) is 0 Å². The number of carbonyl (C=O) groups is 4. The molecule has 1 unspecified atom stereocenters. The van der Waals surface area contributed by atoms with Gasteiger partial charge < -0.3 is 9.47 Å². The van der Waals surface area contributed by atoms with E-state index in [4.69, 9.17) is 9.47 Å². The number of rotatable bonds is 7. The average molecular weight is 443 g/mol. The molecule has 0 bridgehead atoms. The van der Waals surface area contributed by atoms with Gasteiger partial charge >= 0.3 is 5.97 Å². The summed E-state index contributed by atoms with van der Waals surface area (Å²) in [5.74, 6) is -1.41. The molecule has 166 valence electrons. The van der Waals surface area contributed by atoms with E-state index in [2.05, 4.69) is 0 Å². The maximum Gasteiger partial charge on any atom is 0.338 e. The lowest BCUT2D eigenvalue weighted by atomic mass is 10.1. The number of esters is 1. The van der Waals surface area contributed by atoms with Crippen molar-refractivity contribution in [3.8, 4) is 5.75 Å². The van der Waals surface area contributed by atoms with E-state index in [9.17, 15) is 19.2 Å². The Balaban J connectivity index is 1.47. The van der Waals surface area contributed by atoms with E-state index in [0.29, 0.717) is 11.3 Å². The number of benzene rings is 3. The van der Waals surface area contributed by atoms with Crippen LogP contribution in [-0.4, -0.2) is 41.7 Å². The minimum absolute atomic E-state index is 0.0887. The predicted molar refractivity (Wildman–Crippen MR) is 119 cm³/mol. The Morgan fingerprint density at radius 3 is 2.15 bits per heavy atom. The first-order valence-corrected chi connectivity index (χ1v) is 10.3. The maximum atomic E-state index is 12.8. The van der Waals surface area contributed by atoms with Gasteiger partial charge in [-0.05, 0) is 55.0 Å². The number of fused-ring (bicyclic) bond motifs is 1. The summed E-state index contributed by atoms with van der Waals surface area (Å²) < 4.78 is 10.4. The summed E-state index contributed by atoms with van der Waals surface area (Å²) in [4.78, 5) is 51.9. The molecule has 7 heteroatoms.